The molecule has 0 radical (unpaired) electrons. The van der Waals surface area contributed by atoms with Crippen molar-refractivity contribution in [2.45, 2.75) is 6.85 Å². The fourth-order valence-electron chi connectivity index (χ4n) is 0.550. The molecule has 0 heterocycles. The monoisotopic (exact) mass is 128 g/mol. The Morgan fingerprint density at radius 1 is 1.67 bits per heavy atom. The summed E-state index contributed by atoms with van der Waals surface area (Å²) in [7, 11) is 0. The van der Waals surface area contributed by atoms with Gasteiger partial charge in [-0.15, -0.1) is 0 Å². The minimum atomic E-state index is -2.43. The van der Waals surface area contributed by atoms with Crippen molar-refractivity contribution in [3.05, 3.63) is 29.6 Å². The molecule has 9 heavy (non-hydrogen) atoms. The van der Waals surface area contributed by atoms with Crippen molar-refractivity contribution in [2.24, 2.45) is 0 Å². The third-order valence-corrected chi connectivity index (χ3v) is 1.03. The van der Waals surface area contributed by atoms with E-state index in [9.17, 15) is 4.39 Å². The maximum atomic E-state index is 13.0. The van der Waals surface area contributed by atoms with E-state index in [4.69, 9.17) is 9.85 Å². The predicted molar refractivity (Wildman–Crippen MR) is 35.5 cm³/mol. The van der Waals surface area contributed by atoms with Crippen LogP contribution >= 0.6 is 0 Å². The molecule has 0 aliphatic heterocycles. The first kappa shape index (κ1) is 3.20. The van der Waals surface area contributed by atoms with Gasteiger partial charge in [-0.05, 0) is 18.5 Å². The normalized spacial score (nSPS) is 15.9. The fraction of sp³-hybridized carbons (Fsp3) is 0.143. The van der Waals surface area contributed by atoms with Crippen molar-refractivity contribution in [1.82, 2.24) is 0 Å². The highest BCUT2D eigenvalue weighted by Crippen LogP contribution is 2.12. The molecule has 2 N–H and O–H groups in total. The number of hydrogen-bond acceptors (Lipinski definition) is 1. The molecule has 1 aromatic carbocycles. The van der Waals surface area contributed by atoms with Crippen LogP contribution in [0.1, 0.15) is 9.68 Å². The Kier molecular flexibility index (Phi) is 0.730. The summed E-state index contributed by atoms with van der Waals surface area (Å²) in [4.78, 5) is 0. The smallest absolute Gasteiger partial charge is 0.148 e. The third kappa shape index (κ3) is 1.02. The first-order valence-electron chi connectivity index (χ1n) is 3.97. The van der Waals surface area contributed by atoms with Crippen LogP contribution < -0.4 is 5.73 Å². The van der Waals surface area contributed by atoms with Gasteiger partial charge in [0.15, 0.2) is 0 Å². The molecule has 0 amide bonds. The first-order chi connectivity index (χ1) is 5.43. The summed E-state index contributed by atoms with van der Waals surface area (Å²) in [5.74, 6) is -0.850. The van der Waals surface area contributed by atoms with Gasteiger partial charge in [0.2, 0.25) is 0 Å². The third-order valence-electron chi connectivity index (χ3n) is 1.03. The quantitative estimate of drug-likeness (QED) is 0.529. The number of nitrogen functional groups attached to an aromatic ring is 1. The number of anilines is 1. The minimum absolute atomic E-state index is 0.136. The van der Waals surface area contributed by atoms with Crippen LogP contribution in [0.2, 0.25) is 0 Å². The van der Waals surface area contributed by atoms with Gasteiger partial charge in [0, 0.05) is 4.11 Å². The zero-order chi connectivity index (χ0) is 9.35. The molecule has 0 spiro atoms. The second-order valence-corrected chi connectivity index (χ2v) is 1.71. The van der Waals surface area contributed by atoms with Crippen LogP contribution in [0.15, 0.2) is 18.2 Å². The highest BCUT2D eigenvalue weighted by molar-refractivity contribution is 5.42. The Bertz CT molecular complexity index is 295. The fourth-order valence-corrected chi connectivity index (χ4v) is 0.550. The lowest BCUT2D eigenvalue weighted by Crippen LogP contribution is -1.91. The van der Waals surface area contributed by atoms with Gasteiger partial charge in [0.05, 0.1) is 5.69 Å². The van der Waals surface area contributed by atoms with Crippen molar-refractivity contribution in [3.8, 4) is 0 Å². The second-order valence-electron chi connectivity index (χ2n) is 1.71. The summed E-state index contributed by atoms with van der Waals surface area (Å²) < 4.78 is 33.9. The van der Waals surface area contributed by atoms with Crippen molar-refractivity contribution in [1.29, 1.82) is 0 Å². The molecule has 0 saturated carbocycles. The standard InChI is InChI=1S/C7H8FN/c1-5-3-2-4-6(9)7(5)8/h2-4H,9H2,1H3/i1D3. The van der Waals surface area contributed by atoms with Gasteiger partial charge in [-0.25, -0.2) is 4.39 Å². The van der Waals surface area contributed by atoms with Crippen molar-refractivity contribution in [3.63, 3.8) is 0 Å². The largest absolute Gasteiger partial charge is 0.396 e. The lowest BCUT2D eigenvalue weighted by atomic mass is 10.2. The van der Waals surface area contributed by atoms with E-state index in [1.807, 2.05) is 0 Å². The van der Waals surface area contributed by atoms with Gasteiger partial charge in [-0.1, -0.05) is 12.1 Å². The highest BCUT2D eigenvalue weighted by atomic mass is 19.1. The SMILES string of the molecule is [2H]C([2H])([2H])c1cccc(N)c1F. The van der Waals surface area contributed by atoms with Gasteiger partial charge < -0.3 is 5.73 Å². The molecule has 0 unspecified atom stereocenters. The van der Waals surface area contributed by atoms with Gasteiger partial charge in [0.1, 0.15) is 5.82 Å². The number of nitrogens with two attached hydrogens (primary N) is 1. The average Bonchev–Trinajstić information content (AvgIpc) is 1.92. The Labute approximate surface area is 57.5 Å². The zero-order valence-corrected chi connectivity index (χ0v) is 4.69. The van der Waals surface area contributed by atoms with E-state index in [0.29, 0.717) is 0 Å². The summed E-state index contributed by atoms with van der Waals surface area (Å²) in [6.45, 7) is -2.43. The van der Waals surface area contributed by atoms with Gasteiger partial charge >= 0.3 is 0 Å². The maximum absolute atomic E-state index is 13.0. The molecule has 0 aliphatic rings. The highest BCUT2D eigenvalue weighted by Gasteiger charge is 1.97. The average molecular weight is 128 g/mol. The number of hydrogen-bond donors (Lipinski definition) is 1. The van der Waals surface area contributed by atoms with E-state index in [1.54, 1.807) is 0 Å². The van der Waals surface area contributed by atoms with Crippen molar-refractivity contribution in [2.75, 3.05) is 5.73 Å². The lowest BCUT2D eigenvalue weighted by Gasteiger charge is -1.96. The Morgan fingerprint density at radius 2 is 2.44 bits per heavy atom. The molecular formula is C7H8FN. The number of halogens is 1. The molecule has 0 atom stereocenters. The number of benzene rings is 1. The Hall–Kier alpha value is -1.05. The molecule has 0 aliphatic carbocycles. The summed E-state index contributed by atoms with van der Waals surface area (Å²) in [6, 6.07) is 3.95. The topological polar surface area (TPSA) is 26.0 Å². The van der Waals surface area contributed by atoms with E-state index in [1.165, 1.54) is 18.2 Å². The summed E-state index contributed by atoms with van der Waals surface area (Å²) in [6.07, 6.45) is 0. The van der Waals surface area contributed by atoms with Gasteiger partial charge in [0.25, 0.3) is 0 Å². The molecule has 0 saturated heterocycles. The van der Waals surface area contributed by atoms with Crippen LogP contribution in [0, 0.1) is 12.7 Å². The van der Waals surface area contributed by atoms with Crippen LogP contribution in [0.4, 0.5) is 10.1 Å². The molecule has 0 bridgehead atoms. The Balaban J connectivity index is 3.26. The number of rotatable bonds is 0. The molecule has 48 valence electrons. The maximum Gasteiger partial charge on any atom is 0.148 e. The summed E-state index contributed by atoms with van der Waals surface area (Å²) >= 11 is 0. The molecular weight excluding hydrogens is 117 g/mol. The molecule has 1 rings (SSSR count). The van der Waals surface area contributed by atoms with Crippen molar-refractivity contribution >= 4 is 5.69 Å². The van der Waals surface area contributed by atoms with E-state index >= 15 is 0 Å². The molecule has 1 nitrogen and oxygen atoms in total. The van der Waals surface area contributed by atoms with Crippen LogP contribution in [0.25, 0.3) is 0 Å². The number of aryl methyl sites for hydroxylation is 1. The van der Waals surface area contributed by atoms with E-state index in [-0.39, 0.29) is 11.3 Å². The second kappa shape index (κ2) is 2.05. The minimum Gasteiger partial charge on any atom is -0.396 e. The summed E-state index contributed by atoms with van der Waals surface area (Å²) in [5.41, 5.74) is 4.73. The molecule has 0 fully saturated rings. The summed E-state index contributed by atoms with van der Waals surface area (Å²) in [5, 5.41) is 0. The zero-order valence-electron chi connectivity index (χ0n) is 7.69. The van der Waals surface area contributed by atoms with Gasteiger partial charge in [-0.3, -0.25) is 0 Å². The first-order valence-corrected chi connectivity index (χ1v) is 2.47. The van der Waals surface area contributed by atoms with Crippen molar-refractivity contribution < 1.29 is 8.50 Å². The predicted octanol–water partition coefficient (Wildman–Crippen LogP) is 1.72. The van der Waals surface area contributed by atoms with Crippen LogP contribution in [0.3, 0.4) is 0 Å². The van der Waals surface area contributed by atoms with E-state index < -0.39 is 12.7 Å². The van der Waals surface area contributed by atoms with Crippen LogP contribution in [0.5, 0.6) is 0 Å². The van der Waals surface area contributed by atoms with Crippen LogP contribution in [-0.2, 0) is 0 Å². The molecule has 0 aromatic heterocycles. The molecule has 2 heteroatoms. The Morgan fingerprint density at radius 3 is 3.00 bits per heavy atom. The lowest BCUT2D eigenvalue weighted by molar-refractivity contribution is 0.623. The van der Waals surface area contributed by atoms with Gasteiger partial charge in [-0.2, -0.15) is 0 Å². The van der Waals surface area contributed by atoms with E-state index in [0.717, 1.165) is 0 Å². The van der Waals surface area contributed by atoms with Crippen LogP contribution in [-0.4, -0.2) is 0 Å². The molecule has 1 aromatic rings. The van der Waals surface area contributed by atoms with E-state index in [2.05, 4.69) is 0 Å².